The van der Waals surface area contributed by atoms with Crippen LogP contribution in [0.15, 0.2) is 24.3 Å². The molecule has 1 atom stereocenters. The van der Waals surface area contributed by atoms with Crippen molar-refractivity contribution in [1.29, 1.82) is 0 Å². The number of anilines is 1. The molecule has 1 aromatic rings. The molecule has 0 bridgehead atoms. The molecular weight excluding hydrogens is 235 g/mol. The third kappa shape index (κ3) is 2.43. The fourth-order valence-electron chi connectivity index (χ4n) is 1.48. The number of benzene rings is 1. The highest BCUT2D eigenvalue weighted by molar-refractivity contribution is 5.89. The van der Waals surface area contributed by atoms with Gasteiger partial charge in [-0.05, 0) is 24.3 Å². The Morgan fingerprint density at radius 2 is 2.06 bits per heavy atom. The van der Waals surface area contributed by atoms with E-state index in [-0.39, 0.29) is 24.3 Å². The minimum atomic E-state index is -0.433. The number of carbonyl (C=O) groups excluding carboxylic acids is 1. The molecule has 16 heavy (non-hydrogen) atoms. The average Bonchev–Trinajstić information content (AvgIpc) is 2.61. The summed E-state index contributed by atoms with van der Waals surface area (Å²) in [4.78, 5) is 12.8. The van der Waals surface area contributed by atoms with Crippen molar-refractivity contribution in [2.24, 2.45) is 5.73 Å². The van der Waals surface area contributed by atoms with Crippen LogP contribution >= 0.6 is 12.4 Å². The highest BCUT2D eigenvalue weighted by atomic mass is 35.5. The lowest BCUT2D eigenvalue weighted by Crippen LogP contribution is -2.27. The Kier molecular flexibility index (Phi) is 4.09. The molecule has 1 heterocycles. The number of rotatable bonds is 2. The number of ether oxygens (including phenoxy) is 1. The Morgan fingerprint density at radius 3 is 2.56 bits per heavy atom. The minimum Gasteiger partial charge on any atom is -0.443 e. The van der Waals surface area contributed by atoms with Crippen LogP contribution in [0, 0.1) is 5.82 Å². The summed E-state index contributed by atoms with van der Waals surface area (Å²) in [5.41, 5.74) is 6.02. The zero-order valence-electron chi connectivity index (χ0n) is 8.43. The molecule has 2 rings (SSSR count). The highest BCUT2D eigenvalue weighted by Crippen LogP contribution is 2.21. The molecule has 1 unspecified atom stereocenters. The van der Waals surface area contributed by atoms with Crippen LogP contribution < -0.4 is 10.6 Å². The number of hydrogen-bond donors (Lipinski definition) is 1. The number of nitrogens with zero attached hydrogens (tertiary/aromatic N) is 1. The first-order chi connectivity index (χ1) is 7.20. The molecule has 0 saturated carbocycles. The number of amides is 1. The SMILES string of the molecule is Cl.NCC1CN(c2ccc(F)cc2)C(=O)O1. The van der Waals surface area contributed by atoms with Crippen molar-refractivity contribution in [1.82, 2.24) is 0 Å². The Hall–Kier alpha value is -1.33. The molecule has 0 aliphatic carbocycles. The molecule has 4 nitrogen and oxygen atoms in total. The molecule has 0 spiro atoms. The van der Waals surface area contributed by atoms with Crippen molar-refractivity contribution in [3.63, 3.8) is 0 Å². The Balaban J connectivity index is 0.00000128. The predicted molar refractivity (Wildman–Crippen MR) is 60.3 cm³/mol. The van der Waals surface area contributed by atoms with Crippen molar-refractivity contribution in [3.8, 4) is 0 Å². The van der Waals surface area contributed by atoms with Gasteiger partial charge in [-0.2, -0.15) is 0 Å². The quantitative estimate of drug-likeness (QED) is 0.861. The van der Waals surface area contributed by atoms with E-state index in [2.05, 4.69) is 0 Å². The van der Waals surface area contributed by atoms with Gasteiger partial charge in [-0.1, -0.05) is 0 Å². The molecule has 2 N–H and O–H groups in total. The fourth-order valence-corrected chi connectivity index (χ4v) is 1.48. The number of cyclic esters (lactones) is 1. The third-order valence-corrected chi connectivity index (χ3v) is 2.28. The van der Waals surface area contributed by atoms with Gasteiger partial charge >= 0.3 is 6.09 Å². The molecular formula is C10H12ClFN2O2. The van der Waals surface area contributed by atoms with Gasteiger partial charge in [0.1, 0.15) is 11.9 Å². The molecule has 1 aromatic carbocycles. The monoisotopic (exact) mass is 246 g/mol. The number of carbonyl (C=O) groups is 1. The minimum absolute atomic E-state index is 0. The van der Waals surface area contributed by atoms with Gasteiger partial charge < -0.3 is 10.5 Å². The summed E-state index contributed by atoms with van der Waals surface area (Å²) in [5.74, 6) is -0.332. The van der Waals surface area contributed by atoms with Gasteiger partial charge in [0.25, 0.3) is 0 Å². The molecule has 1 amide bonds. The molecule has 1 aliphatic heterocycles. The van der Waals surface area contributed by atoms with E-state index in [0.29, 0.717) is 18.8 Å². The Morgan fingerprint density at radius 1 is 1.44 bits per heavy atom. The molecule has 1 fully saturated rings. The summed E-state index contributed by atoms with van der Waals surface area (Å²) in [6, 6.07) is 5.68. The first kappa shape index (κ1) is 12.7. The van der Waals surface area contributed by atoms with E-state index in [4.69, 9.17) is 10.5 Å². The Labute approximate surface area is 98.6 Å². The fraction of sp³-hybridized carbons (Fsp3) is 0.300. The zero-order chi connectivity index (χ0) is 10.8. The first-order valence-corrected chi connectivity index (χ1v) is 4.64. The molecule has 0 radical (unpaired) electrons. The molecule has 0 aromatic heterocycles. The summed E-state index contributed by atoms with van der Waals surface area (Å²) < 4.78 is 17.6. The summed E-state index contributed by atoms with van der Waals surface area (Å²) in [6.07, 6.45) is -0.709. The van der Waals surface area contributed by atoms with E-state index in [1.165, 1.54) is 29.2 Å². The normalized spacial score (nSPS) is 19.2. The lowest BCUT2D eigenvalue weighted by Gasteiger charge is -2.12. The second-order valence-corrected chi connectivity index (χ2v) is 3.33. The zero-order valence-corrected chi connectivity index (χ0v) is 9.24. The van der Waals surface area contributed by atoms with Crippen molar-refractivity contribution >= 4 is 24.2 Å². The largest absolute Gasteiger partial charge is 0.443 e. The van der Waals surface area contributed by atoms with Gasteiger partial charge in [0.15, 0.2) is 0 Å². The van der Waals surface area contributed by atoms with Crippen LogP contribution in [0.25, 0.3) is 0 Å². The van der Waals surface area contributed by atoms with Gasteiger partial charge in [0.2, 0.25) is 0 Å². The van der Waals surface area contributed by atoms with E-state index in [1.807, 2.05) is 0 Å². The van der Waals surface area contributed by atoms with Gasteiger partial charge in [-0.25, -0.2) is 9.18 Å². The van der Waals surface area contributed by atoms with Crippen molar-refractivity contribution < 1.29 is 13.9 Å². The van der Waals surface area contributed by atoms with Crippen LogP contribution in [-0.4, -0.2) is 25.3 Å². The third-order valence-electron chi connectivity index (χ3n) is 2.28. The van der Waals surface area contributed by atoms with Crippen LogP contribution in [0.2, 0.25) is 0 Å². The second-order valence-electron chi connectivity index (χ2n) is 3.33. The number of halogens is 2. The predicted octanol–water partition coefficient (Wildman–Crippen LogP) is 1.53. The van der Waals surface area contributed by atoms with Crippen molar-refractivity contribution in [3.05, 3.63) is 30.1 Å². The maximum Gasteiger partial charge on any atom is 0.414 e. The van der Waals surface area contributed by atoms with Gasteiger partial charge in [0, 0.05) is 12.2 Å². The van der Waals surface area contributed by atoms with Crippen LogP contribution in [0.3, 0.4) is 0 Å². The number of nitrogens with two attached hydrogens (primary N) is 1. The topological polar surface area (TPSA) is 55.6 Å². The van der Waals surface area contributed by atoms with Crippen LogP contribution in [-0.2, 0) is 4.74 Å². The standard InChI is InChI=1S/C10H11FN2O2.ClH/c11-7-1-3-8(4-2-7)13-6-9(5-12)15-10(13)14;/h1-4,9H,5-6,12H2;1H. The number of hydrogen-bond acceptors (Lipinski definition) is 3. The molecule has 88 valence electrons. The maximum atomic E-state index is 12.7. The molecule has 6 heteroatoms. The highest BCUT2D eigenvalue weighted by Gasteiger charge is 2.31. The van der Waals surface area contributed by atoms with Gasteiger partial charge in [0.05, 0.1) is 6.54 Å². The summed E-state index contributed by atoms with van der Waals surface area (Å²) in [6.45, 7) is 0.713. The molecule has 1 aliphatic rings. The first-order valence-electron chi connectivity index (χ1n) is 4.64. The van der Waals surface area contributed by atoms with Crippen LogP contribution in [0.5, 0.6) is 0 Å². The lowest BCUT2D eigenvalue weighted by molar-refractivity contribution is 0.145. The van der Waals surface area contributed by atoms with E-state index in [0.717, 1.165) is 0 Å². The second kappa shape index (κ2) is 5.14. The van der Waals surface area contributed by atoms with E-state index < -0.39 is 6.09 Å². The van der Waals surface area contributed by atoms with Gasteiger partial charge in [-0.3, -0.25) is 4.90 Å². The lowest BCUT2D eigenvalue weighted by atomic mass is 10.2. The van der Waals surface area contributed by atoms with E-state index in [1.54, 1.807) is 0 Å². The van der Waals surface area contributed by atoms with Crippen molar-refractivity contribution in [2.75, 3.05) is 18.0 Å². The van der Waals surface area contributed by atoms with E-state index >= 15 is 0 Å². The Bertz CT molecular complexity index is 372. The van der Waals surface area contributed by atoms with Crippen molar-refractivity contribution in [2.45, 2.75) is 6.10 Å². The maximum absolute atomic E-state index is 12.7. The summed E-state index contributed by atoms with van der Waals surface area (Å²) in [5, 5.41) is 0. The summed E-state index contributed by atoms with van der Waals surface area (Å²) >= 11 is 0. The summed E-state index contributed by atoms with van der Waals surface area (Å²) in [7, 11) is 0. The average molecular weight is 247 g/mol. The van der Waals surface area contributed by atoms with Gasteiger partial charge in [-0.15, -0.1) is 12.4 Å². The van der Waals surface area contributed by atoms with E-state index in [9.17, 15) is 9.18 Å². The smallest absolute Gasteiger partial charge is 0.414 e. The van der Waals surface area contributed by atoms with Crippen LogP contribution in [0.4, 0.5) is 14.9 Å². The molecule has 1 saturated heterocycles. The van der Waals surface area contributed by atoms with Crippen LogP contribution in [0.1, 0.15) is 0 Å².